The third-order valence-corrected chi connectivity index (χ3v) is 5.34. The molecule has 5 nitrogen and oxygen atoms in total. The van der Waals surface area contributed by atoms with Gasteiger partial charge in [0.15, 0.2) is 0 Å². The van der Waals surface area contributed by atoms with E-state index < -0.39 is 0 Å². The molecule has 5 heteroatoms. The molecule has 2 atom stereocenters. The van der Waals surface area contributed by atoms with Crippen molar-refractivity contribution in [2.75, 3.05) is 19.0 Å². The van der Waals surface area contributed by atoms with Crippen molar-refractivity contribution < 1.29 is 9.47 Å². The molecule has 2 aromatic carbocycles. The number of imidazole rings is 1. The van der Waals surface area contributed by atoms with Crippen molar-refractivity contribution in [1.82, 2.24) is 9.55 Å². The quantitative estimate of drug-likeness (QED) is 0.793. The molecule has 2 aliphatic heterocycles. The monoisotopic (exact) mass is 335 g/mol. The zero-order chi connectivity index (χ0) is 17.0. The summed E-state index contributed by atoms with van der Waals surface area (Å²) in [4.78, 5) is 4.62. The Morgan fingerprint density at radius 3 is 3.08 bits per heavy atom. The first-order valence-corrected chi connectivity index (χ1v) is 8.73. The molecule has 1 N–H and O–H groups in total. The average molecular weight is 335 g/mol. The number of fused-ring (bicyclic) bond motifs is 4. The number of methoxy groups -OCH3 is 1. The van der Waals surface area contributed by atoms with Crippen molar-refractivity contribution >= 4 is 16.7 Å². The molecule has 2 unspecified atom stereocenters. The van der Waals surface area contributed by atoms with Gasteiger partial charge < -0.3 is 19.4 Å². The number of aryl methyl sites for hydroxylation is 1. The van der Waals surface area contributed by atoms with Gasteiger partial charge in [-0.2, -0.15) is 0 Å². The van der Waals surface area contributed by atoms with Crippen molar-refractivity contribution in [3.8, 4) is 5.75 Å². The molecule has 0 spiro atoms. The van der Waals surface area contributed by atoms with E-state index >= 15 is 0 Å². The van der Waals surface area contributed by atoms with Gasteiger partial charge in [-0.25, -0.2) is 4.98 Å². The van der Waals surface area contributed by atoms with Crippen molar-refractivity contribution in [1.29, 1.82) is 0 Å². The minimum atomic E-state index is 0.189. The molecule has 0 bridgehead atoms. The first kappa shape index (κ1) is 14.8. The fraction of sp³-hybridized carbons (Fsp3) is 0.350. The van der Waals surface area contributed by atoms with Crippen LogP contribution in [-0.2, 0) is 11.3 Å². The largest absolute Gasteiger partial charge is 0.496 e. The third kappa shape index (κ3) is 2.30. The molecule has 3 heterocycles. The van der Waals surface area contributed by atoms with E-state index in [9.17, 15) is 0 Å². The number of ether oxygens (including phenoxy) is 2. The van der Waals surface area contributed by atoms with Gasteiger partial charge in [0.25, 0.3) is 0 Å². The fourth-order valence-corrected chi connectivity index (χ4v) is 4.09. The lowest BCUT2D eigenvalue weighted by atomic mass is 10.1. The van der Waals surface area contributed by atoms with Gasteiger partial charge in [0.05, 0.1) is 30.5 Å². The van der Waals surface area contributed by atoms with Crippen LogP contribution in [-0.4, -0.2) is 29.3 Å². The lowest BCUT2D eigenvalue weighted by Gasteiger charge is -2.10. The van der Waals surface area contributed by atoms with Gasteiger partial charge in [0.2, 0.25) is 0 Å². The van der Waals surface area contributed by atoms with Crippen LogP contribution in [0, 0.1) is 6.92 Å². The van der Waals surface area contributed by atoms with E-state index in [2.05, 4.69) is 46.1 Å². The van der Waals surface area contributed by atoms with Gasteiger partial charge in [-0.1, -0.05) is 12.1 Å². The van der Waals surface area contributed by atoms with Gasteiger partial charge in [-0.05, 0) is 42.7 Å². The smallest absolute Gasteiger partial charge is 0.121 e. The number of aromatic nitrogens is 2. The molecular weight excluding hydrogens is 314 g/mol. The summed E-state index contributed by atoms with van der Waals surface area (Å²) in [6.45, 7) is 3.71. The van der Waals surface area contributed by atoms with Gasteiger partial charge in [-0.3, -0.25) is 0 Å². The second-order valence-corrected chi connectivity index (χ2v) is 6.94. The lowest BCUT2D eigenvalue weighted by molar-refractivity contribution is 0.112. The zero-order valence-corrected chi connectivity index (χ0v) is 14.5. The number of rotatable bonds is 3. The van der Waals surface area contributed by atoms with Crippen molar-refractivity contribution in [3.63, 3.8) is 0 Å². The number of hydrogen-bond donors (Lipinski definition) is 1. The molecule has 0 aliphatic carbocycles. The first-order valence-electron chi connectivity index (χ1n) is 8.73. The molecule has 1 aromatic heterocycles. The maximum atomic E-state index is 5.88. The van der Waals surface area contributed by atoms with Crippen molar-refractivity contribution in [2.24, 2.45) is 0 Å². The van der Waals surface area contributed by atoms with E-state index in [4.69, 9.17) is 9.47 Å². The first-order chi connectivity index (χ1) is 12.2. The molecule has 0 saturated carbocycles. The normalized spacial score (nSPS) is 21.2. The topological polar surface area (TPSA) is 48.3 Å². The van der Waals surface area contributed by atoms with E-state index in [1.54, 1.807) is 7.11 Å². The lowest BCUT2D eigenvalue weighted by Crippen LogP contribution is -2.14. The summed E-state index contributed by atoms with van der Waals surface area (Å²) < 4.78 is 13.4. The summed E-state index contributed by atoms with van der Waals surface area (Å²) in [6, 6.07) is 11.1. The Bertz CT molecular complexity index is 963. The zero-order valence-electron chi connectivity index (χ0n) is 14.5. The van der Waals surface area contributed by atoms with Crippen LogP contribution in [0.5, 0.6) is 5.75 Å². The summed E-state index contributed by atoms with van der Waals surface area (Å²) in [5.74, 6) is 0.924. The summed E-state index contributed by atoms with van der Waals surface area (Å²) >= 11 is 0. The Kier molecular flexibility index (Phi) is 3.25. The van der Waals surface area contributed by atoms with Crippen LogP contribution < -0.4 is 10.1 Å². The molecule has 2 aliphatic rings. The third-order valence-electron chi connectivity index (χ3n) is 5.34. The second-order valence-electron chi connectivity index (χ2n) is 6.94. The Labute approximate surface area is 146 Å². The SMILES string of the molecule is COc1ccc(Cn2cnc3cc4c(cc32)NC2CCOC42)cc1C. The highest BCUT2D eigenvalue weighted by atomic mass is 16.5. The number of hydrogen-bond acceptors (Lipinski definition) is 4. The predicted octanol–water partition coefficient (Wildman–Crippen LogP) is 3.66. The van der Waals surface area contributed by atoms with Gasteiger partial charge in [0.1, 0.15) is 11.9 Å². The van der Waals surface area contributed by atoms with E-state index in [0.717, 1.165) is 41.9 Å². The van der Waals surface area contributed by atoms with Gasteiger partial charge in [0, 0.05) is 24.4 Å². The molecule has 0 radical (unpaired) electrons. The fourth-order valence-electron chi connectivity index (χ4n) is 4.09. The molecule has 25 heavy (non-hydrogen) atoms. The molecule has 5 rings (SSSR count). The van der Waals surface area contributed by atoms with E-state index in [0.29, 0.717) is 6.04 Å². The molecule has 1 saturated heterocycles. The second kappa shape index (κ2) is 5.49. The van der Waals surface area contributed by atoms with Gasteiger partial charge >= 0.3 is 0 Å². The molecule has 0 amide bonds. The van der Waals surface area contributed by atoms with Crippen LogP contribution in [0.15, 0.2) is 36.7 Å². The maximum Gasteiger partial charge on any atom is 0.121 e. The number of anilines is 1. The van der Waals surface area contributed by atoms with Crippen LogP contribution in [0.1, 0.15) is 29.2 Å². The molecular formula is C20H21N3O2. The maximum absolute atomic E-state index is 5.88. The number of nitrogens with one attached hydrogen (secondary N) is 1. The average Bonchev–Trinajstić information content (AvgIpc) is 3.28. The highest BCUT2D eigenvalue weighted by molar-refractivity contribution is 5.83. The Morgan fingerprint density at radius 1 is 1.32 bits per heavy atom. The minimum Gasteiger partial charge on any atom is -0.496 e. The Morgan fingerprint density at radius 2 is 2.24 bits per heavy atom. The Balaban J connectivity index is 1.51. The molecule has 128 valence electrons. The van der Waals surface area contributed by atoms with Crippen LogP contribution in [0.4, 0.5) is 5.69 Å². The van der Waals surface area contributed by atoms with Crippen LogP contribution >= 0.6 is 0 Å². The van der Waals surface area contributed by atoms with Crippen molar-refractivity contribution in [3.05, 3.63) is 53.3 Å². The van der Waals surface area contributed by atoms with Crippen LogP contribution in [0.25, 0.3) is 11.0 Å². The molecule has 3 aromatic rings. The van der Waals surface area contributed by atoms with Gasteiger partial charge in [-0.15, -0.1) is 0 Å². The standard InChI is InChI=1S/C20H21N3O2/c1-12-7-13(3-4-19(12)24-2)10-23-11-21-17-8-14-16(9-18(17)23)22-15-5-6-25-20(14)15/h3-4,7-9,11,15,20,22H,5-6,10H2,1-2H3. The summed E-state index contributed by atoms with van der Waals surface area (Å²) in [6.07, 6.45) is 3.18. The van der Waals surface area contributed by atoms with Crippen LogP contribution in [0.2, 0.25) is 0 Å². The molecule has 1 fully saturated rings. The van der Waals surface area contributed by atoms with E-state index in [1.807, 2.05) is 12.4 Å². The minimum absolute atomic E-state index is 0.189. The summed E-state index contributed by atoms with van der Waals surface area (Å²) in [5, 5.41) is 3.61. The summed E-state index contributed by atoms with van der Waals surface area (Å²) in [5.41, 5.74) is 7.01. The van der Waals surface area contributed by atoms with Crippen molar-refractivity contribution in [2.45, 2.75) is 32.0 Å². The van der Waals surface area contributed by atoms with E-state index in [1.165, 1.54) is 16.8 Å². The van der Waals surface area contributed by atoms with Crippen LogP contribution in [0.3, 0.4) is 0 Å². The number of nitrogens with zero attached hydrogens (tertiary/aromatic N) is 2. The highest BCUT2D eigenvalue weighted by Gasteiger charge is 2.37. The summed E-state index contributed by atoms with van der Waals surface area (Å²) in [7, 11) is 1.71. The van der Waals surface area contributed by atoms with E-state index in [-0.39, 0.29) is 6.10 Å². The Hall–Kier alpha value is -2.53. The number of benzene rings is 2. The predicted molar refractivity (Wildman–Crippen MR) is 97.3 cm³/mol. The highest BCUT2D eigenvalue weighted by Crippen LogP contribution is 2.43.